The van der Waals surface area contributed by atoms with Crippen LogP contribution in [0.25, 0.3) is 0 Å². The lowest BCUT2D eigenvalue weighted by atomic mass is 9.81. The number of nitrogens with two attached hydrogens (primary N) is 1. The lowest BCUT2D eigenvalue weighted by Gasteiger charge is -2.28. The molecule has 1 saturated carbocycles. The van der Waals surface area contributed by atoms with Crippen molar-refractivity contribution in [1.82, 2.24) is 0 Å². The maximum atomic E-state index is 11.2. The Morgan fingerprint density at radius 1 is 1.44 bits per heavy atom. The number of carboxylic acids is 1. The second-order valence-corrected chi connectivity index (χ2v) is 5.92. The minimum absolute atomic E-state index is 0.0107. The van der Waals surface area contributed by atoms with Crippen molar-refractivity contribution in [3.63, 3.8) is 0 Å². The van der Waals surface area contributed by atoms with Crippen molar-refractivity contribution in [2.75, 3.05) is 6.54 Å². The number of carbonyl (C=O) groups is 1. The molecule has 0 heterocycles. The third kappa shape index (κ3) is 6.17. The molecule has 1 rings (SSSR count). The van der Waals surface area contributed by atoms with Gasteiger partial charge in [-0.2, -0.15) is 12.6 Å². The van der Waals surface area contributed by atoms with Gasteiger partial charge in [-0.05, 0) is 32.2 Å². The fraction of sp³-hybridized carbons (Fsp3) is 0.889. The maximum absolute atomic E-state index is 11.2. The molecule has 0 bridgehead atoms. The van der Waals surface area contributed by atoms with E-state index in [1.165, 1.54) is 0 Å². The summed E-state index contributed by atoms with van der Waals surface area (Å²) in [5.41, 5.74) is 4.80. The van der Waals surface area contributed by atoms with Crippen LogP contribution < -0.4 is 5.73 Å². The first-order chi connectivity index (χ1) is 8.13. The zero-order valence-electron chi connectivity index (χ0n) is 9.90. The van der Waals surface area contributed by atoms with Gasteiger partial charge in [0.25, 0.3) is 0 Å². The Hall–Kier alpha value is -0.110. The topological polar surface area (TPSA) is 141 Å². The average molecular weight is 301 g/mol. The first-order valence-electron chi connectivity index (χ1n) is 5.53. The van der Waals surface area contributed by atoms with E-state index < -0.39 is 19.2 Å². The Morgan fingerprint density at radius 3 is 2.22 bits per heavy atom. The highest BCUT2D eigenvalue weighted by Crippen LogP contribution is 2.45. The summed E-state index contributed by atoms with van der Waals surface area (Å²) in [6.45, 7) is 0.565. The van der Waals surface area contributed by atoms with E-state index in [0.717, 1.165) is 25.7 Å². The summed E-state index contributed by atoms with van der Waals surface area (Å²) in [5, 5.41) is 9.18. The van der Waals surface area contributed by atoms with E-state index in [4.69, 9.17) is 25.0 Å². The Labute approximate surface area is 111 Å². The molecule has 1 fully saturated rings. The summed E-state index contributed by atoms with van der Waals surface area (Å²) in [7, 11) is -4.64. The summed E-state index contributed by atoms with van der Waals surface area (Å²) in [5.74, 6) is -0.696. The number of carboxylic acid groups (broad SMARTS) is 1. The number of thiol groups is 1. The SMILES string of the molecule is NCCC[C@@]1(C(=O)O)CCC[C@@H]1S.O=P(O)(O)O. The quantitative estimate of drug-likeness (QED) is 0.325. The van der Waals surface area contributed by atoms with Crippen molar-refractivity contribution in [1.29, 1.82) is 0 Å². The van der Waals surface area contributed by atoms with Crippen LogP contribution in [0, 0.1) is 5.41 Å². The van der Waals surface area contributed by atoms with Crippen LogP contribution in [0.15, 0.2) is 0 Å². The lowest BCUT2D eigenvalue weighted by Crippen LogP contribution is -2.36. The molecule has 0 aliphatic heterocycles. The first-order valence-corrected chi connectivity index (χ1v) is 7.61. The van der Waals surface area contributed by atoms with Gasteiger partial charge in [-0.3, -0.25) is 4.79 Å². The highest BCUT2D eigenvalue weighted by Gasteiger charge is 2.46. The number of aliphatic carboxylic acids is 1. The summed E-state index contributed by atoms with van der Waals surface area (Å²) in [6, 6.07) is 0. The van der Waals surface area contributed by atoms with Gasteiger partial charge in [0.05, 0.1) is 5.41 Å². The summed E-state index contributed by atoms with van der Waals surface area (Å²) >= 11 is 4.36. The number of hydrogen-bond donors (Lipinski definition) is 6. The standard InChI is InChI=1S/C9H17NO2S.H3O4P/c10-6-2-5-9(8(11)12)4-1-3-7(9)13;1-5(2,3)4/h7,13H,1-6,10H2,(H,11,12);(H3,1,2,3,4)/t7-,9-;/m0./s1. The Morgan fingerprint density at radius 2 is 1.94 bits per heavy atom. The molecule has 0 aromatic rings. The van der Waals surface area contributed by atoms with Crippen LogP contribution in [0.4, 0.5) is 0 Å². The van der Waals surface area contributed by atoms with Crippen molar-refractivity contribution >= 4 is 26.4 Å². The van der Waals surface area contributed by atoms with Gasteiger partial charge in [0.1, 0.15) is 0 Å². The van der Waals surface area contributed by atoms with E-state index in [2.05, 4.69) is 12.6 Å². The predicted octanol–water partition coefficient (Wildman–Crippen LogP) is 0.350. The number of phosphoric acid groups is 1. The Bertz CT molecular complexity index is 314. The number of hydrogen-bond acceptors (Lipinski definition) is 4. The third-order valence-corrected chi connectivity index (χ3v) is 3.74. The minimum Gasteiger partial charge on any atom is -0.481 e. The van der Waals surface area contributed by atoms with Gasteiger partial charge in [0.15, 0.2) is 0 Å². The zero-order valence-corrected chi connectivity index (χ0v) is 11.7. The van der Waals surface area contributed by atoms with Gasteiger partial charge in [-0.1, -0.05) is 6.42 Å². The molecule has 0 saturated heterocycles. The molecule has 6 N–H and O–H groups in total. The van der Waals surface area contributed by atoms with Crippen LogP contribution in [-0.2, 0) is 9.36 Å². The van der Waals surface area contributed by atoms with Crippen LogP contribution in [0.3, 0.4) is 0 Å². The Kier molecular flexibility index (Phi) is 7.43. The van der Waals surface area contributed by atoms with Gasteiger partial charge >= 0.3 is 13.8 Å². The minimum atomic E-state index is -4.64. The van der Waals surface area contributed by atoms with Crippen molar-refractivity contribution in [2.24, 2.45) is 11.1 Å². The molecule has 108 valence electrons. The largest absolute Gasteiger partial charge is 0.481 e. The fourth-order valence-electron chi connectivity index (χ4n) is 2.12. The van der Waals surface area contributed by atoms with Crippen LogP contribution in [0.2, 0.25) is 0 Å². The predicted molar refractivity (Wildman–Crippen MR) is 69.2 cm³/mol. The second-order valence-electron chi connectivity index (χ2n) is 4.27. The van der Waals surface area contributed by atoms with Crippen LogP contribution >= 0.6 is 20.5 Å². The molecular weight excluding hydrogens is 281 g/mol. The highest BCUT2D eigenvalue weighted by molar-refractivity contribution is 7.81. The molecule has 1 aliphatic carbocycles. The van der Waals surface area contributed by atoms with E-state index in [-0.39, 0.29) is 5.25 Å². The molecule has 18 heavy (non-hydrogen) atoms. The van der Waals surface area contributed by atoms with Gasteiger partial charge in [-0.15, -0.1) is 0 Å². The van der Waals surface area contributed by atoms with E-state index in [1.807, 2.05) is 0 Å². The molecular formula is C9H20NO6PS. The molecule has 0 aromatic carbocycles. The summed E-state index contributed by atoms with van der Waals surface area (Å²) < 4.78 is 8.88. The average Bonchev–Trinajstić information content (AvgIpc) is 2.55. The van der Waals surface area contributed by atoms with Crippen molar-refractivity contribution in [3.05, 3.63) is 0 Å². The molecule has 9 heteroatoms. The number of rotatable bonds is 4. The van der Waals surface area contributed by atoms with Crippen LogP contribution in [-0.4, -0.2) is 37.6 Å². The van der Waals surface area contributed by atoms with Crippen LogP contribution in [0.5, 0.6) is 0 Å². The highest BCUT2D eigenvalue weighted by atomic mass is 32.1. The molecule has 0 spiro atoms. The monoisotopic (exact) mass is 301 g/mol. The van der Waals surface area contributed by atoms with E-state index in [1.54, 1.807) is 0 Å². The van der Waals surface area contributed by atoms with Gasteiger partial charge in [0, 0.05) is 5.25 Å². The van der Waals surface area contributed by atoms with Crippen molar-refractivity contribution in [3.8, 4) is 0 Å². The summed E-state index contributed by atoms with van der Waals surface area (Å²) in [6.07, 6.45) is 4.11. The zero-order chi connectivity index (χ0) is 14.4. The molecule has 7 nitrogen and oxygen atoms in total. The molecule has 0 aromatic heterocycles. The van der Waals surface area contributed by atoms with E-state index in [9.17, 15) is 9.90 Å². The third-order valence-electron chi connectivity index (χ3n) is 2.99. The molecule has 1 aliphatic rings. The lowest BCUT2D eigenvalue weighted by molar-refractivity contribution is -0.148. The molecule has 0 unspecified atom stereocenters. The fourth-order valence-corrected chi connectivity index (χ4v) is 2.67. The van der Waals surface area contributed by atoms with E-state index >= 15 is 0 Å². The molecule has 0 amide bonds. The van der Waals surface area contributed by atoms with Gasteiger partial charge in [0.2, 0.25) is 0 Å². The van der Waals surface area contributed by atoms with Crippen molar-refractivity contribution in [2.45, 2.75) is 37.4 Å². The maximum Gasteiger partial charge on any atom is 0.466 e. The molecule has 2 atom stereocenters. The smallest absolute Gasteiger partial charge is 0.466 e. The normalized spacial score (nSPS) is 27.5. The van der Waals surface area contributed by atoms with Gasteiger partial charge < -0.3 is 25.5 Å². The van der Waals surface area contributed by atoms with Gasteiger partial charge in [-0.25, -0.2) is 4.57 Å². The molecule has 0 radical (unpaired) electrons. The van der Waals surface area contributed by atoms with E-state index in [0.29, 0.717) is 13.0 Å². The second kappa shape index (κ2) is 7.47. The first kappa shape index (κ1) is 17.9. The van der Waals surface area contributed by atoms with Crippen molar-refractivity contribution < 1.29 is 29.1 Å². The Balaban J connectivity index is 0.000000494. The summed E-state index contributed by atoms with van der Waals surface area (Å²) in [4.78, 5) is 32.7. The van der Waals surface area contributed by atoms with Crippen LogP contribution in [0.1, 0.15) is 32.1 Å².